The lowest BCUT2D eigenvalue weighted by Gasteiger charge is -2.27. The van der Waals surface area contributed by atoms with Crippen molar-refractivity contribution in [2.45, 2.75) is 91.4 Å². The summed E-state index contributed by atoms with van der Waals surface area (Å²) in [6, 6.07) is 11.5. The first kappa shape index (κ1) is 30.8. The smallest absolute Gasteiger partial charge is 0.437 e. The van der Waals surface area contributed by atoms with E-state index >= 15 is 0 Å². The number of unbranched alkanes of at least 4 members (excludes halogenated alkanes) is 1. The highest BCUT2D eigenvalue weighted by Crippen LogP contribution is 2.33. The van der Waals surface area contributed by atoms with Crippen LogP contribution in [0.2, 0.25) is 0 Å². The van der Waals surface area contributed by atoms with Gasteiger partial charge in [-0.1, -0.05) is 36.7 Å². The fraction of sp³-hybridized carbons (Fsp3) is 0.516. The Morgan fingerprint density at radius 1 is 1.05 bits per heavy atom. The molecule has 1 saturated heterocycles. The summed E-state index contributed by atoms with van der Waals surface area (Å²) in [5.41, 5.74) is -0.695. The third-order valence-electron chi connectivity index (χ3n) is 6.29. The minimum atomic E-state index is -0.833. The van der Waals surface area contributed by atoms with E-state index in [1.54, 1.807) is 46.4 Å². The maximum Gasteiger partial charge on any atom is 0.437 e. The second-order valence-electron chi connectivity index (χ2n) is 12.3. The van der Waals surface area contributed by atoms with E-state index in [-0.39, 0.29) is 5.96 Å². The number of aliphatic imine (C=N–C) groups is 1. The number of nitrogens with one attached hydrogen (secondary N) is 1. The quantitative estimate of drug-likeness (QED) is 0.186. The number of benzene rings is 2. The summed E-state index contributed by atoms with van der Waals surface area (Å²) in [5, 5.41) is 8.94. The van der Waals surface area contributed by atoms with E-state index in [9.17, 15) is 9.59 Å². The van der Waals surface area contributed by atoms with Crippen molar-refractivity contribution in [3.63, 3.8) is 0 Å². The number of rotatable bonds is 6. The van der Waals surface area contributed by atoms with Crippen LogP contribution in [0.3, 0.4) is 0 Å². The van der Waals surface area contributed by atoms with Crippen molar-refractivity contribution in [2.75, 3.05) is 13.2 Å². The van der Waals surface area contributed by atoms with Crippen LogP contribution in [0.15, 0.2) is 45.9 Å². The topological polar surface area (TPSA) is 128 Å². The molecule has 4 rings (SSSR count). The Balaban J connectivity index is 1.56. The van der Waals surface area contributed by atoms with Gasteiger partial charge in [0.2, 0.25) is 17.7 Å². The number of hydrogen-bond donors (Lipinski definition) is 1. The number of likely N-dealkylation sites (tertiary alicyclic amines) is 1. The minimum absolute atomic E-state index is 0.00316. The number of amides is 2. The van der Waals surface area contributed by atoms with Crippen molar-refractivity contribution in [3.05, 3.63) is 42.3 Å². The Labute approximate surface area is 246 Å². The molecule has 0 bridgehead atoms. The predicted octanol–water partition coefficient (Wildman–Crippen LogP) is 7.02. The standard InChI is InChI=1S/C31H41N5O6/c1-8-9-17-39-23-15-14-20-18-22(13-12-21(20)19-23)25-32-26(42-35-25)24-11-10-16-36(24)27(33-28(37)40-30(2,3)4)34-29(38)41-31(5,6)7/h12-15,18-19,24H,8-11,16-17H2,1-7H3,(H,33,34,37,38). The number of fused-ring (bicyclic) bond motifs is 1. The normalized spacial score (nSPS) is 16.0. The number of carbonyl (C=O) groups excluding carboxylic acids is 2. The highest BCUT2D eigenvalue weighted by atomic mass is 16.6. The molecule has 2 amide bonds. The van der Waals surface area contributed by atoms with Crippen LogP contribution in [0.4, 0.5) is 9.59 Å². The van der Waals surface area contributed by atoms with Gasteiger partial charge in [-0.3, -0.25) is 5.32 Å². The van der Waals surface area contributed by atoms with Crippen LogP contribution in [-0.4, -0.2) is 57.5 Å². The van der Waals surface area contributed by atoms with Crippen molar-refractivity contribution in [2.24, 2.45) is 4.99 Å². The molecule has 1 fully saturated rings. The lowest BCUT2D eigenvalue weighted by atomic mass is 10.1. The fourth-order valence-corrected chi connectivity index (χ4v) is 4.48. The summed E-state index contributed by atoms with van der Waals surface area (Å²) < 4.78 is 22.3. The Hall–Kier alpha value is -4.15. The van der Waals surface area contributed by atoms with Gasteiger partial charge in [0.15, 0.2) is 0 Å². The van der Waals surface area contributed by atoms with E-state index in [4.69, 9.17) is 18.7 Å². The fourth-order valence-electron chi connectivity index (χ4n) is 4.48. The molecule has 0 spiro atoms. The van der Waals surface area contributed by atoms with Crippen LogP contribution in [0, 0.1) is 0 Å². The van der Waals surface area contributed by atoms with Crippen molar-refractivity contribution in [1.29, 1.82) is 0 Å². The summed E-state index contributed by atoms with van der Waals surface area (Å²) in [4.78, 5) is 35.8. The Bertz CT molecular complexity index is 1440. The average molecular weight is 580 g/mol. The Kier molecular flexibility index (Phi) is 9.38. The van der Waals surface area contributed by atoms with Gasteiger partial charge in [-0.15, -0.1) is 4.99 Å². The largest absolute Gasteiger partial charge is 0.494 e. The maximum absolute atomic E-state index is 12.7. The van der Waals surface area contributed by atoms with Gasteiger partial charge in [-0.25, -0.2) is 9.59 Å². The van der Waals surface area contributed by atoms with Crippen LogP contribution < -0.4 is 10.1 Å². The first-order chi connectivity index (χ1) is 19.8. The van der Waals surface area contributed by atoms with Gasteiger partial charge in [0.05, 0.1) is 6.61 Å². The number of hydrogen-bond acceptors (Lipinski definition) is 8. The summed E-state index contributed by atoms with van der Waals surface area (Å²) in [5.74, 6) is 1.64. The van der Waals surface area contributed by atoms with E-state index < -0.39 is 29.4 Å². The van der Waals surface area contributed by atoms with Gasteiger partial charge in [0.25, 0.3) is 0 Å². The molecule has 1 N–H and O–H groups in total. The molecule has 1 aliphatic heterocycles. The Morgan fingerprint density at radius 2 is 1.76 bits per heavy atom. The van der Waals surface area contributed by atoms with Crippen LogP contribution in [-0.2, 0) is 9.47 Å². The lowest BCUT2D eigenvalue weighted by molar-refractivity contribution is 0.0553. The zero-order chi connectivity index (χ0) is 30.5. The lowest BCUT2D eigenvalue weighted by Crippen LogP contribution is -2.46. The summed E-state index contributed by atoms with van der Waals surface area (Å²) in [6.45, 7) is 13.8. The first-order valence-electron chi connectivity index (χ1n) is 14.4. The van der Waals surface area contributed by atoms with Crippen molar-refractivity contribution >= 4 is 28.9 Å². The molecule has 1 aliphatic rings. The van der Waals surface area contributed by atoms with Gasteiger partial charge >= 0.3 is 12.2 Å². The van der Waals surface area contributed by atoms with Crippen molar-refractivity contribution in [1.82, 2.24) is 20.4 Å². The molecular weight excluding hydrogens is 538 g/mol. The second kappa shape index (κ2) is 12.8. The SMILES string of the molecule is CCCCOc1ccc2cc(-c3noc(C4CCCN4C(=NC(=O)OC(C)(C)C)NC(=O)OC(C)(C)C)n3)ccc2c1. The zero-order valence-electron chi connectivity index (χ0n) is 25.5. The van der Waals surface area contributed by atoms with E-state index in [2.05, 4.69) is 27.4 Å². The van der Waals surface area contributed by atoms with Gasteiger partial charge < -0.3 is 23.6 Å². The number of nitrogens with zero attached hydrogens (tertiary/aromatic N) is 4. The highest BCUT2D eigenvalue weighted by Gasteiger charge is 2.35. The van der Waals surface area contributed by atoms with Gasteiger partial charge in [0.1, 0.15) is 23.0 Å². The third kappa shape index (κ3) is 8.43. The van der Waals surface area contributed by atoms with Crippen LogP contribution in [0.25, 0.3) is 22.2 Å². The molecule has 1 unspecified atom stereocenters. The van der Waals surface area contributed by atoms with Gasteiger partial charge in [-0.2, -0.15) is 4.98 Å². The molecule has 42 heavy (non-hydrogen) atoms. The first-order valence-corrected chi connectivity index (χ1v) is 14.4. The number of guanidine groups is 1. The van der Waals surface area contributed by atoms with Gasteiger partial charge in [0, 0.05) is 12.1 Å². The summed E-state index contributed by atoms with van der Waals surface area (Å²) in [7, 11) is 0. The summed E-state index contributed by atoms with van der Waals surface area (Å²) in [6.07, 6.45) is 1.94. The average Bonchev–Trinajstić information content (AvgIpc) is 3.56. The molecule has 11 heteroatoms. The second-order valence-corrected chi connectivity index (χ2v) is 12.3. The van der Waals surface area contributed by atoms with Crippen molar-refractivity contribution in [3.8, 4) is 17.1 Å². The molecular formula is C31H41N5O6. The highest BCUT2D eigenvalue weighted by molar-refractivity contribution is 5.99. The molecule has 226 valence electrons. The maximum atomic E-state index is 12.7. The van der Waals surface area contributed by atoms with E-state index in [1.165, 1.54) is 0 Å². The number of carbonyl (C=O) groups is 2. The van der Waals surface area contributed by atoms with Crippen LogP contribution in [0.1, 0.15) is 86.1 Å². The molecule has 3 aromatic rings. The van der Waals surface area contributed by atoms with Crippen LogP contribution in [0.5, 0.6) is 5.75 Å². The summed E-state index contributed by atoms with van der Waals surface area (Å²) >= 11 is 0. The number of aromatic nitrogens is 2. The molecule has 11 nitrogen and oxygen atoms in total. The Morgan fingerprint density at radius 3 is 2.48 bits per heavy atom. The molecule has 1 atom stereocenters. The monoisotopic (exact) mass is 579 g/mol. The molecule has 0 aliphatic carbocycles. The van der Waals surface area contributed by atoms with E-state index in [0.29, 0.717) is 31.3 Å². The van der Waals surface area contributed by atoms with Crippen LogP contribution >= 0.6 is 0 Å². The zero-order valence-corrected chi connectivity index (χ0v) is 25.5. The molecule has 0 radical (unpaired) electrons. The number of alkyl carbamates (subject to hydrolysis) is 1. The van der Waals surface area contributed by atoms with E-state index in [1.807, 2.05) is 36.4 Å². The van der Waals surface area contributed by atoms with Gasteiger partial charge in [-0.05, 0) is 89.8 Å². The van der Waals surface area contributed by atoms with E-state index in [0.717, 1.165) is 41.3 Å². The third-order valence-corrected chi connectivity index (χ3v) is 6.29. The predicted molar refractivity (Wildman–Crippen MR) is 159 cm³/mol. The minimum Gasteiger partial charge on any atom is -0.494 e. The molecule has 0 saturated carbocycles. The molecule has 2 aromatic carbocycles. The number of ether oxygens (including phenoxy) is 3. The molecule has 2 heterocycles. The van der Waals surface area contributed by atoms with Crippen molar-refractivity contribution < 1.29 is 28.3 Å². The molecule has 1 aromatic heterocycles.